The van der Waals surface area contributed by atoms with Crippen molar-refractivity contribution in [1.82, 2.24) is 5.32 Å². The van der Waals surface area contributed by atoms with Gasteiger partial charge in [0.1, 0.15) is 5.76 Å². The fourth-order valence-electron chi connectivity index (χ4n) is 3.80. The van der Waals surface area contributed by atoms with Gasteiger partial charge in [-0.25, -0.2) is 0 Å². The Hall–Kier alpha value is -0.450. The zero-order valence-corrected chi connectivity index (χ0v) is 13.3. The first-order chi connectivity index (χ1) is 9.74. The Morgan fingerprint density at radius 2 is 2.20 bits per heavy atom. The van der Waals surface area contributed by atoms with Gasteiger partial charge in [-0.05, 0) is 63.1 Å². The van der Waals surface area contributed by atoms with Crippen molar-refractivity contribution in [2.24, 2.45) is 5.92 Å². The standard InChI is InChI=1S/C16H25NO2S/c1-12-14(4-7-18-12)15(17-2)13-3-8-19-16(11-13)5-9-20-10-6-16/h4,7,13,15,17H,3,5-6,8-11H2,1-2H3. The molecular formula is C16H25NO2S. The maximum Gasteiger partial charge on any atom is 0.105 e. The second kappa shape index (κ2) is 6.12. The molecule has 1 N–H and O–H groups in total. The van der Waals surface area contributed by atoms with E-state index in [2.05, 4.69) is 37.1 Å². The highest BCUT2D eigenvalue weighted by Crippen LogP contribution is 2.43. The lowest BCUT2D eigenvalue weighted by Crippen LogP contribution is -2.45. The quantitative estimate of drug-likeness (QED) is 0.925. The largest absolute Gasteiger partial charge is 0.469 e. The Labute approximate surface area is 125 Å². The zero-order chi connectivity index (χ0) is 14.0. The molecule has 2 unspecified atom stereocenters. The van der Waals surface area contributed by atoms with E-state index in [0.717, 1.165) is 18.8 Å². The highest BCUT2D eigenvalue weighted by atomic mass is 32.2. The summed E-state index contributed by atoms with van der Waals surface area (Å²) in [5.74, 6) is 4.20. The van der Waals surface area contributed by atoms with Crippen LogP contribution < -0.4 is 5.32 Å². The minimum atomic E-state index is 0.154. The van der Waals surface area contributed by atoms with Gasteiger partial charge in [0.25, 0.3) is 0 Å². The van der Waals surface area contributed by atoms with Crippen LogP contribution in [0.15, 0.2) is 16.7 Å². The second-order valence-corrected chi connectivity index (χ2v) is 7.32. The number of rotatable bonds is 3. The van der Waals surface area contributed by atoms with Crippen LogP contribution in [0.1, 0.15) is 43.0 Å². The van der Waals surface area contributed by atoms with Crippen LogP contribution >= 0.6 is 11.8 Å². The van der Waals surface area contributed by atoms with E-state index in [4.69, 9.17) is 9.15 Å². The van der Waals surface area contributed by atoms with Gasteiger partial charge < -0.3 is 14.5 Å². The lowest BCUT2D eigenvalue weighted by Gasteiger charge is -2.45. The molecule has 0 radical (unpaired) electrons. The predicted molar refractivity (Wildman–Crippen MR) is 83.2 cm³/mol. The van der Waals surface area contributed by atoms with Crippen LogP contribution in [0.4, 0.5) is 0 Å². The normalized spacial score (nSPS) is 27.6. The molecule has 20 heavy (non-hydrogen) atoms. The number of furan rings is 1. The van der Waals surface area contributed by atoms with E-state index in [-0.39, 0.29) is 5.60 Å². The zero-order valence-electron chi connectivity index (χ0n) is 12.5. The van der Waals surface area contributed by atoms with Gasteiger partial charge >= 0.3 is 0 Å². The molecule has 2 atom stereocenters. The summed E-state index contributed by atoms with van der Waals surface area (Å²) in [5, 5.41) is 3.52. The second-order valence-electron chi connectivity index (χ2n) is 6.10. The molecule has 0 saturated carbocycles. The van der Waals surface area contributed by atoms with Crippen LogP contribution in [0.3, 0.4) is 0 Å². The van der Waals surface area contributed by atoms with Crippen molar-refractivity contribution < 1.29 is 9.15 Å². The Balaban J connectivity index is 1.76. The van der Waals surface area contributed by atoms with Gasteiger partial charge in [0.2, 0.25) is 0 Å². The molecule has 4 heteroatoms. The molecule has 3 heterocycles. The van der Waals surface area contributed by atoms with E-state index in [0.29, 0.717) is 12.0 Å². The molecule has 0 aromatic carbocycles. The third-order valence-electron chi connectivity index (χ3n) is 4.95. The molecule has 2 saturated heterocycles. The lowest BCUT2D eigenvalue weighted by molar-refractivity contribution is -0.107. The average molecular weight is 295 g/mol. The van der Waals surface area contributed by atoms with Gasteiger partial charge in [0.05, 0.1) is 11.9 Å². The fraction of sp³-hybridized carbons (Fsp3) is 0.750. The van der Waals surface area contributed by atoms with Gasteiger partial charge in [0.15, 0.2) is 0 Å². The molecule has 2 aliphatic rings. The monoisotopic (exact) mass is 295 g/mol. The van der Waals surface area contributed by atoms with E-state index in [1.807, 2.05) is 0 Å². The van der Waals surface area contributed by atoms with E-state index in [9.17, 15) is 0 Å². The van der Waals surface area contributed by atoms with Crippen LogP contribution in [0.2, 0.25) is 0 Å². The highest BCUT2D eigenvalue weighted by molar-refractivity contribution is 7.99. The topological polar surface area (TPSA) is 34.4 Å². The van der Waals surface area contributed by atoms with E-state index in [1.165, 1.54) is 36.3 Å². The van der Waals surface area contributed by atoms with Crippen molar-refractivity contribution in [3.05, 3.63) is 23.7 Å². The van der Waals surface area contributed by atoms with Gasteiger partial charge in [-0.1, -0.05) is 0 Å². The van der Waals surface area contributed by atoms with Gasteiger partial charge in [-0.2, -0.15) is 11.8 Å². The summed E-state index contributed by atoms with van der Waals surface area (Å²) < 4.78 is 11.7. The van der Waals surface area contributed by atoms with E-state index >= 15 is 0 Å². The molecule has 0 aliphatic carbocycles. The molecule has 0 amide bonds. The van der Waals surface area contributed by atoms with Crippen molar-refractivity contribution in [2.45, 2.75) is 44.2 Å². The SMILES string of the molecule is CNC(c1ccoc1C)C1CCOC2(CCSCC2)C1. The maximum absolute atomic E-state index is 6.21. The molecule has 1 aromatic rings. The third kappa shape index (κ3) is 2.78. The van der Waals surface area contributed by atoms with Crippen molar-refractivity contribution in [3.8, 4) is 0 Å². The Kier molecular flexibility index (Phi) is 4.43. The van der Waals surface area contributed by atoms with Crippen LogP contribution in [0, 0.1) is 12.8 Å². The highest BCUT2D eigenvalue weighted by Gasteiger charge is 2.41. The van der Waals surface area contributed by atoms with Crippen molar-refractivity contribution >= 4 is 11.8 Å². The first-order valence-electron chi connectivity index (χ1n) is 7.67. The number of aryl methyl sites for hydroxylation is 1. The van der Waals surface area contributed by atoms with Crippen LogP contribution in [0.5, 0.6) is 0 Å². The lowest BCUT2D eigenvalue weighted by atomic mass is 9.77. The summed E-state index contributed by atoms with van der Waals surface area (Å²) in [5.41, 5.74) is 1.47. The first-order valence-corrected chi connectivity index (χ1v) is 8.82. The predicted octanol–water partition coefficient (Wildman–Crippen LogP) is 3.54. The van der Waals surface area contributed by atoms with Crippen LogP contribution in [0.25, 0.3) is 0 Å². The summed E-state index contributed by atoms with van der Waals surface area (Å²) in [4.78, 5) is 0. The molecule has 3 rings (SSSR count). The summed E-state index contributed by atoms with van der Waals surface area (Å²) in [7, 11) is 2.07. The molecule has 3 nitrogen and oxygen atoms in total. The summed E-state index contributed by atoms with van der Waals surface area (Å²) in [6, 6.07) is 2.51. The van der Waals surface area contributed by atoms with E-state index in [1.54, 1.807) is 6.26 Å². The number of hydrogen-bond donors (Lipinski definition) is 1. The molecule has 1 spiro atoms. The Bertz CT molecular complexity index is 434. The Morgan fingerprint density at radius 1 is 1.40 bits per heavy atom. The molecule has 2 aliphatic heterocycles. The number of nitrogens with one attached hydrogen (secondary N) is 1. The van der Waals surface area contributed by atoms with Gasteiger partial charge in [-0.3, -0.25) is 0 Å². The number of ether oxygens (including phenoxy) is 1. The molecule has 0 bridgehead atoms. The van der Waals surface area contributed by atoms with Gasteiger partial charge in [0, 0.05) is 18.2 Å². The molecule has 2 fully saturated rings. The van der Waals surface area contributed by atoms with Crippen molar-refractivity contribution in [3.63, 3.8) is 0 Å². The molecular weight excluding hydrogens is 270 g/mol. The molecule has 1 aromatic heterocycles. The average Bonchev–Trinajstić information content (AvgIpc) is 2.87. The number of hydrogen-bond acceptors (Lipinski definition) is 4. The minimum absolute atomic E-state index is 0.154. The van der Waals surface area contributed by atoms with Crippen LogP contribution in [-0.4, -0.2) is 30.8 Å². The minimum Gasteiger partial charge on any atom is -0.469 e. The third-order valence-corrected chi connectivity index (χ3v) is 5.94. The Morgan fingerprint density at radius 3 is 2.85 bits per heavy atom. The van der Waals surface area contributed by atoms with Crippen LogP contribution in [-0.2, 0) is 4.74 Å². The summed E-state index contributed by atoms with van der Waals surface area (Å²) in [6.07, 6.45) is 6.57. The van der Waals surface area contributed by atoms with Gasteiger partial charge in [-0.15, -0.1) is 0 Å². The molecule has 112 valence electrons. The maximum atomic E-state index is 6.21. The van der Waals surface area contributed by atoms with Crippen molar-refractivity contribution in [2.75, 3.05) is 25.2 Å². The van der Waals surface area contributed by atoms with Crippen molar-refractivity contribution in [1.29, 1.82) is 0 Å². The summed E-state index contributed by atoms with van der Waals surface area (Å²) in [6.45, 7) is 2.97. The number of thioether (sulfide) groups is 1. The summed E-state index contributed by atoms with van der Waals surface area (Å²) >= 11 is 2.07. The first kappa shape index (κ1) is 14.5. The smallest absolute Gasteiger partial charge is 0.105 e. The fourth-order valence-corrected chi connectivity index (χ4v) is 5.04. The van der Waals surface area contributed by atoms with E-state index < -0.39 is 0 Å².